The first-order valence-corrected chi connectivity index (χ1v) is 13.8. The number of fused-ring (bicyclic) bond motifs is 1. The minimum Gasteiger partial charge on any atom is -0.493 e. The first-order chi connectivity index (χ1) is 18.5. The van der Waals surface area contributed by atoms with Crippen LogP contribution >= 0.6 is 11.6 Å². The van der Waals surface area contributed by atoms with Crippen molar-refractivity contribution in [3.05, 3.63) is 64.5 Å². The van der Waals surface area contributed by atoms with Crippen LogP contribution in [-0.2, 0) is 24.2 Å². The summed E-state index contributed by atoms with van der Waals surface area (Å²) in [6, 6.07) is 4.86. The van der Waals surface area contributed by atoms with Crippen molar-refractivity contribution in [2.75, 3.05) is 31.1 Å². The predicted molar refractivity (Wildman–Crippen MR) is 142 cm³/mol. The van der Waals surface area contributed by atoms with E-state index in [1.807, 2.05) is 0 Å². The Bertz CT molecular complexity index is 1280. The predicted octanol–water partition coefficient (Wildman–Crippen LogP) is 4.44. The van der Waals surface area contributed by atoms with E-state index in [1.165, 1.54) is 12.5 Å². The third-order valence-electron chi connectivity index (χ3n) is 8.29. The van der Waals surface area contributed by atoms with Crippen molar-refractivity contribution in [1.82, 2.24) is 25.1 Å². The largest absolute Gasteiger partial charge is 0.493 e. The maximum absolute atomic E-state index is 14.8. The first-order valence-electron chi connectivity index (χ1n) is 13.5. The number of rotatable bonds is 8. The van der Waals surface area contributed by atoms with Gasteiger partial charge in [-0.05, 0) is 55.1 Å². The van der Waals surface area contributed by atoms with Crippen LogP contribution in [0.15, 0.2) is 36.8 Å². The number of nitrogens with one attached hydrogen (secondary N) is 1. The highest BCUT2D eigenvalue weighted by Crippen LogP contribution is 2.49. The van der Waals surface area contributed by atoms with E-state index < -0.39 is 5.82 Å². The van der Waals surface area contributed by atoms with Crippen molar-refractivity contribution < 1.29 is 13.9 Å². The zero-order valence-electron chi connectivity index (χ0n) is 21.3. The van der Waals surface area contributed by atoms with E-state index in [1.54, 1.807) is 35.6 Å². The van der Waals surface area contributed by atoms with Gasteiger partial charge in [-0.3, -0.25) is 9.89 Å². The fourth-order valence-corrected chi connectivity index (χ4v) is 6.07. The summed E-state index contributed by atoms with van der Waals surface area (Å²) in [5.41, 5.74) is 2.51. The molecule has 2 aliphatic heterocycles. The Labute approximate surface area is 226 Å². The molecule has 0 spiro atoms. The molecule has 1 aliphatic carbocycles. The van der Waals surface area contributed by atoms with Gasteiger partial charge in [-0.1, -0.05) is 17.7 Å². The highest BCUT2D eigenvalue weighted by atomic mass is 35.5. The molecule has 2 aromatic heterocycles. The lowest BCUT2D eigenvalue weighted by Crippen LogP contribution is -2.36. The second-order valence-electron chi connectivity index (χ2n) is 10.7. The monoisotopic (exact) mass is 538 g/mol. The molecule has 2 atom stereocenters. The van der Waals surface area contributed by atoms with Crippen LogP contribution in [0, 0.1) is 23.6 Å². The molecule has 1 saturated heterocycles. The molecule has 38 heavy (non-hydrogen) atoms. The lowest BCUT2D eigenvalue weighted by atomic mass is 9.90. The van der Waals surface area contributed by atoms with Crippen molar-refractivity contribution in [2.24, 2.45) is 17.8 Å². The van der Waals surface area contributed by atoms with Gasteiger partial charge in [-0.2, -0.15) is 5.10 Å². The van der Waals surface area contributed by atoms with Crippen LogP contribution in [0.2, 0.25) is 5.02 Å². The number of aromatic nitrogens is 4. The van der Waals surface area contributed by atoms with Crippen LogP contribution in [0.3, 0.4) is 0 Å². The van der Waals surface area contributed by atoms with Gasteiger partial charge in [-0.25, -0.2) is 14.4 Å². The average molecular weight is 539 g/mol. The van der Waals surface area contributed by atoms with Gasteiger partial charge >= 0.3 is 0 Å². The smallest absolute Gasteiger partial charge is 0.227 e. The summed E-state index contributed by atoms with van der Waals surface area (Å²) in [5.74, 6) is 2.99. The molecule has 1 amide bonds. The number of hydrogen-bond donors (Lipinski definition) is 1. The molecule has 2 fully saturated rings. The number of ether oxygens (including phenoxy) is 1. The van der Waals surface area contributed by atoms with Crippen molar-refractivity contribution in [3.63, 3.8) is 0 Å². The van der Waals surface area contributed by atoms with Gasteiger partial charge in [0.05, 0.1) is 36.6 Å². The summed E-state index contributed by atoms with van der Waals surface area (Å²) in [6.45, 7) is 3.67. The van der Waals surface area contributed by atoms with Gasteiger partial charge in [0.1, 0.15) is 11.6 Å². The Morgan fingerprint density at radius 3 is 2.76 bits per heavy atom. The standard InChI is InChI=1S/C28H32ClFN6O2/c29-22-15-31-28(32-16-22)35-7-3-18(4-8-35)24-11-19(24)6-10-38-23-2-1-20(25(30)13-23)12-27(37)36-9-5-26-21(17-36)14-33-34-26/h1-2,13-16,18-19,24H,3-12,17H2,(H,33,34)/t19?,24-/m1/s1. The fraction of sp³-hybridized carbons (Fsp3) is 0.500. The molecule has 6 rings (SSSR count). The number of anilines is 1. The van der Waals surface area contributed by atoms with E-state index in [2.05, 4.69) is 25.1 Å². The lowest BCUT2D eigenvalue weighted by molar-refractivity contribution is -0.131. The van der Waals surface area contributed by atoms with E-state index in [4.69, 9.17) is 16.3 Å². The summed E-state index contributed by atoms with van der Waals surface area (Å²) >= 11 is 5.90. The number of amides is 1. The number of nitrogens with zero attached hydrogens (tertiary/aromatic N) is 5. The first kappa shape index (κ1) is 25.1. The molecule has 4 heterocycles. The molecule has 10 heteroatoms. The molecule has 3 aliphatic rings. The third kappa shape index (κ3) is 5.62. The molecule has 200 valence electrons. The van der Waals surface area contributed by atoms with Crippen molar-refractivity contribution in [2.45, 2.75) is 45.1 Å². The summed E-state index contributed by atoms with van der Waals surface area (Å²) in [7, 11) is 0. The van der Waals surface area contributed by atoms with Gasteiger partial charge in [0.15, 0.2) is 0 Å². The molecule has 1 aromatic carbocycles. The second kappa shape index (κ2) is 10.9. The van der Waals surface area contributed by atoms with Crippen molar-refractivity contribution in [1.29, 1.82) is 0 Å². The quantitative estimate of drug-likeness (QED) is 0.456. The van der Waals surface area contributed by atoms with Crippen molar-refractivity contribution >= 4 is 23.5 Å². The zero-order chi connectivity index (χ0) is 26.1. The molecule has 3 aromatic rings. The molecule has 0 radical (unpaired) electrons. The Balaban J connectivity index is 0.921. The normalized spacial score (nSPS) is 21.3. The summed E-state index contributed by atoms with van der Waals surface area (Å²) in [5, 5.41) is 7.57. The summed E-state index contributed by atoms with van der Waals surface area (Å²) in [4.78, 5) is 25.4. The van der Waals surface area contributed by atoms with Gasteiger partial charge < -0.3 is 14.5 Å². The Hall–Kier alpha value is -3.20. The number of benzene rings is 1. The van der Waals surface area contributed by atoms with Gasteiger partial charge in [-0.15, -0.1) is 0 Å². The number of aromatic amines is 1. The minimum atomic E-state index is -0.391. The molecule has 8 nitrogen and oxygen atoms in total. The molecule has 1 N–H and O–H groups in total. The number of halogens is 2. The topological polar surface area (TPSA) is 87.2 Å². The molecule has 0 bridgehead atoms. The van der Waals surface area contributed by atoms with E-state index >= 15 is 0 Å². The van der Waals surface area contributed by atoms with E-state index in [0.29, 0.717) is 41.9 Å². The Morgan fingerprint density at radius 1 is 1.16 bits per heavy atom. The summed E-state index contributed by atoms with van der Waals surface area (Å²) < 4.78 is 20.6. The Kier molecular flexibility index (Phi) is 7.19. The fourth-order valence-electron chi connectivity index (χ4n) is 5.98. The van der Waals surface area contributed by atoms with Crippen molar-refractivity contribution in [3.8, 4) is 5.75 Å². The number of piperidine rings is 1. The summed E-state index contributed by atoms with van der Waals surface area (Å²) in [6.07, 6.45) is 10.4. The average Bonchev–Trinajstić information content (AvgIpc) is 3.55. The Morgan fingerprint density at radius 2 is 1.97 bits per heavy atom. The third-order valence-corrected chi connectivity index (χ3v) is 8.48. The van der Waals surface area contributed by atoms with Crippen LogP contribution in [0.5, 0.6) is 5.75 Å². The minimum absolute atomic E-state index is 0.0476. The molecular weight excluding hydrogens is 507 g/mol. The molecular formula is C28H32ClFN6O2. The van der Waals surface area contributed by atoms with Gasteiger partial charge in [0.25, 0.3) is 0 Å². The van der Waals surface area contributed by atoms with Crippen LogP contribution in [0.4, 0.5) is 10.3 Å². The highest BCUT2D eigenvalue weighted by molar-refractivity contribution is 6.30. The van der Waals surface area contributed by atoms with Crippen LogP contribution in [0.1, 0.15) is 42.5 Å². The van der Waals surface area contributed by atoms with Crippen LogP contribution < -0.4 is 9.64 Å². The molecule has 1 saturated carbocycles. The van der Waals surface area contributed by atoms with Gasteiger partial charge in [0.2, 0.25) is 11.9 Å². The molecule has 1 unspecified atom stereocenters. The van der Waals surface area contributed by atoms with E-state index in [0.717, 1.165) is 67.8 Å². The number of carbonyl (C=O) groups is 1. The lowest BCUT2D eigenvalue weighted by Gasteiger charge is -2.32. The van der Waals surface area contributed by atoms with Crippen LogP contribution in [-0.4, -0.2) is 57.2 Å². The van der Waals surface area contributed by atoms with Crippen LogP contribution in [0.25, 0.3) is 0 Å². The highest BCUT2D eigenvalue weighted by Gasteiger charge is 2.43. The number of H-pyrrole nitrogens is 1. The van der Waals surface area contributed by atoms with E-state index in [-0.39, 0.29) is 12.3 Å². The maximum Gasteiger partial charge on any atom is 0.227 e. The number of hydrogen-bond acceptors (Lipinski definition) is 6. The zero-order valence-corrected chi connectivity index (χ0v) is 22.0. The maximum atomic E-state index is 14.8. The SMILES string of the molecule is O=C(Cc1ccc(OCCC2C[C@@H]2C2CCN(c3ncc(Cl)cn3)CC2)cc1F)N1CCc2[nH]ncc2C1. The van der Waals surface area contributed by atoms with Gasteiger partial charge in [0, 0.05) is 49.9 Å². The van der Waals surface area contributed by atoms with E-state index in [9.17, 15) is 9.18 Å². The number of carbonyl (C=O) groups excluding carboxylic acids is 1. The second-order valence-corrected chi connectivity index (χ2v) is 11.1.